The summed E-state index contributed by atoms with van der Waals surface area (Å²) in [5, 5.41) is 4.55. The number of hydrogen-bond donors (Lipinski definition) is 0. The van der Waals surface area contributed by atoms with Crippen molar-refractivity contribution in [2.24, 2.45) is 5.10 Å². The number of hydrogen-bond acceptors (Lipinski definition) is 4. The maximum Gasteiger partial charge on any atom is 0.279 e. The van der Waals surface area contributed by atoms with Crippen LogP contribution in [0.4, 0.5) is 0 Å². The Kier molecular flexibility index (Phi) is 5.43. The zero-order valence-electron chi connectivity index (χ0n) is 15.7. The van der Waals surface area contributed by atoms with Crippen molar-refractivity contribution in [1.29, 1.82) is 0 Å². The molecule has 148 valence electrons. The molecule has 0 radical (unpaired) electrons. The number of nitrogens with zero attached hydrogens (tertiary/aromatic N) is 2. The van der Waals surface area contributed by atoms with Crippen LogP contribution in [0, 0.1) is 0 Å². The molecule has 1 aliphatic heterocycles. The molecule has 0 bridgehead atoms. The fourth-order valence-electron chi connectivity index (χ4n) is 3.30. The van der Waals surface area contributed by atoms with Crippen molar-refractivity contribution < 1.29 is 13.2 Å². The van der Waals surface area contributed by atoms with Gasteiger partial charge in [-0.15, -0.1) is 0 Å². The number of hydrazone groups is 1. The Morgan fingerprint density at radius 1 is 0.966 bits per heavy atom. The van der Waals surface area contributed by atoms with Gasteiger partial charge in [0.1, 0.15) is 5.75 Å². The van der Waals surface area contributed by atoms with E-state index in [-0.39, 0.29) is 4.90 Å². The van der Waals surface area contributed by atoms with E-state index in [0.29, 0.717) is 6.42 Å². The van der Waals surface area contributed by atoms with Crippen molar-refractivity contribution in [3.8, 4) is 5.75 Å². The van der Waals surface area contributed by atoms with Crippen molar-refractivity contribution in [3.63, 3.8) is 0 Å². The van der Waals surface area contributed by atoms with E-state index in [1.807, 2.05) is 48.5 Å². The second kappa shape index (κ2) is 8.00. The van der Waals surface area contributed by atoms with Gasteiger partial charge in [-0.1, -0.05) is 58.4 Å². The fourth-order valence-corrected chi connectivity index (χ4v) is 5.02. The topological polar surface area (TPSA) is 59.0 Å². The number of methoxy groups -OCH3 is 1. The molecule has 5 nitrogen and oxygen atoms in total. The Balaban J connectivity index is 1.78. The molecular weight excluding hydrogens is 452 g/mol. The van der Waals surface area contributed by atoms with E-state index >= 15 is 0 Å². The van der Waals surface area contributed by atoms with Crippen LogP contribution in [0.1, 0.15) is 23.6 Å². The molecule has 29 heavy (non-hydrogen) atoms. The van der Waals surface area contributed by atoms with E-state index in [4.69, 9.17) is 4.74 Å². The van der Waals surface area contributed by atoms with E-state index in [0.717, 1.165) is 27.1 Å². The SMILES string of the molecule is COc1ccc([C@H]2CC(c3ccc(Br)cc3)=NN2S(=O)(=O)c2ccccc2)cc1. The molecular formula is C22H19BrN2O3S. The van der Waals surface area contributed by atoms with E-state index in [9.17, 15) is 8.42 Å². The number of rotatable bonds is 5. The summed E-state index contributed by atoms with van der Waals surface area (Å²) >= 11 is 3.43. The summed E-state index contributed by atoms with van der Waals surface area (Å²) in [6, 6.07) is 23.1. The minimum atomic E-state index is -3.80. The second-order valence-electron chi connectivity index (χ2n) is 6.64. The first-order valence-corrected chi connectivity index (χ1v) is 11.3. The highest BCUT2D eigenvalue weighted by Gasteiger charge is 2.37. The Labute approximate surface area is 178 Å². The Morgan fingerprint density at radius 3 is 2.24 bits per heavy atom. The lowest BCUT2D eigenvalue weighted by atomic mass is 9.99. The van der Waals surface area contributed by atoms with E-state index in [2.05, 4.69) is 21.0 Å². The highest BCUT2D eigenvalue weighted by molar-refractivity contribution is 9.10. The Bertz CT molecular complexity index is 1130. The summed E-state index contributed by atoms with van der Waals surface area (Å²) in [7, 11) is -2.19. The van der Waals surface area contributed by atoms with Gasteiger partial charge in [0, 0.05) is 10.9 Å². The lowest BCUT2D eigenvalue weighted by Crippen LogP contribution is -2.27. The number of halogens is 1. The fraction of sp³-hybridized carbons (Fsp3) is 0.136. The maximum absolute atomic E-state index is 13.4. The van der Waals surface area contributed by atoms with Crippen LogP contribution in [0.3, 0.4) is 0 Å². The standard InChI is InChI=1S/C22H19BrN2O3S/c1-28-19-13-9-17(10-14-19)22-15-21(16-7-11-18(23)12-8-16)24-25(22)29(26,27)20-5-3-2-4-6-20/h2-14,22H,15H2,1H3/t22-/m1/s1. The Morgan fingerprint density at radius 2 is 1.62 bits per heavy atom. The molecule has 0 N–H and O–H groups in total. The van der Waals surface area contributed by atoms with Gasteiger partial charge in [-0.2, -0.15) is 17.9 Å². The molecule has 0 fully saturated rings. The minimum Gasteiger partial charge on any atom is -0.497 e. The minimum absolute atomic E-state index is 0.222. The van der Waals surface area contributed by atoms with Gasteiger partial charge in [0.2, 0.25) is 0 Å². The van der Waals surface area contributed by atoms with Crippen LogP contribution in [0.15, 0.2) is 93.3 Å². The quantitative estimate of drug-likeness (QED) is 0.527. The first-order valence-electron chi connectivity index (χ1n) is 9.06. The van der Waals surface area contributed by atoms with Crippen LogP contribution in [0.5, 0.6) is 5.75 Å². The van der Waals surface area contributed by atoms with Gasteiger partial charge < -0.3 is 4.74 Å². The van der Waals surface area contributed by atoms with Crippen LogP contribution < -0.4 is 4.74 Å². The Hall–Kier alpha value is -2.64. The van der Waals surface area contributed by atoms with Crippen molar-refractivity contribution in [3.05, 3.63) is 94.5 Å². The monoisotopic (exact) mass is 470 g/mol. The molecule has 1 atom stereocenters. The molecule has 0 amide bonds. The number of benzene rings is 3. The predicted octanol–water partition coefficient (Wildman–Crippen LogP) is 5.00. The first kappa shape index (κ1) is 19.7. The molecule has 0 spiro atoms. The normalized spacial score (nSPS) is 16.6. The summed E-state index contributed by atoms with van der Waals surface area (Å²) in [4.78, 5) is 0.222. The van der Waals surface area contributed by atoms with Gasteiger partial charge in [-0.3, -0.25) is 0 Å². The molecule has 0 saturated carbocycles. The molecule has 3 aromatic carbocycles. The second-order valence-corrected chi connectivity index (χ2v) is 9.35. The third kappa shape index (κ3) is 3.93. The van der Waals surface area contributed by atoms with Crippen LogP contribution >= 0.6 is 15.9 Å². The highest BCUT2D eigenvalue weighted by Crippen LogP contribution is 2.37. The molecule has 0 aliphatic carbocycles. The largest absolute Gasteiger partial charge is 0.497 e. The van der Waals surface area contributed by atoms with Gasteiger partial charge in [0.25, 0.3) is 10.0 Å². The number of ether oxygens (including phenoxy) is 1. The van der Waals surface area contributed by atoms with Crippen molar-refractivity contribution >= 4 is 31.7 Å². The molecule has 4 rings (SSSR count). The van der Waals surface area contributed by atoms with Gasteiger partial charge >= 0.3 is 0 Å². The summed E-state index contributed by atoms with van der Waals surface area (Å²) in [6.07, 6.45) is 0.486. The maximum atomic E-state index is 13.4. The van der Waals surface area contributed by atoms with Crippen LogP contribution in [0.2, 0.25) is 0 Å². The zero-order chi connectivity index (χ0) is 20.4. The summed E-state index contributed by atoms with van der Waals surface area (Å²) in [5.41, 5.74) is 2.50. The van der Waals surface area contributed by atoms with Gasteiger partial charge in [0.15, 0.2) is 0 Å². The number of sulfonamides is 1. The molecule has 3 aromatic rings. The van der Waals surface area contributed by atoms with Gasteiger partial charge in [0.05, 0.1) is 23.8 Å². The summed E-state index contributed by atoms with van der Waals surface area (Å²) in [6.45, 7) is 0. The average molecular weight is 471 g/mol. The van der Waals surface area contributed by atoms with Crippen LogP contribution in [-0.4, -0.2) is 25.7 Å². The van der Waals surface area contributed by atoms with Crippen molar-refractivity contribution in [2.75, 3.05) is 7.11 Å². The lowest BCUT2D eigenvalue weighted by molar-refractivity contribution is 0.370. The van der Waals surface area contributed by atoms with Crippen molar-refractivity contribution in [1.82, 2.24) is 4.41 Å². The summed E-state index contributed by atoms with van der Waals surface area (Å²) in [5.74, 6) is 0.721. The van der Waals surface area contributed by atoms with E-state index < -0.39 is 16.1 Å². The highest BCUT2D eigenvalue weighted by atomic mass is 79.9. The first-order chi connectivity index (χ1) is 14.0. The molecule has 1 heterocycles. The van der Waals surface area contributed by atoms with Crippen molar-refractivity contribution in [2.45, 2.75) is 17.4 Å². The third-order valence-corrected chi connectivity index (χ3v) is 7.06. The van der Waals surface area contributed by atoms with E-state index in [1.165, 1.54) is 4.41 Å². The zero-order valence-corrected chi connectivity index (χ0v) is 18.1. The van der Waals surface area contributed by atoms with Crippen LogP contribution in [0.25, 0.3) is 0 Å². The molecule has 0 unspecified atom stereocenters. The smallest absolute Gasteiger partial charge is 0.279 e. The third-order valence-electron chi connectivity index (χ3n) is 4.84. The van der Waals surface area contributed by atoms with Gasteiger partial charge in [-0.05, 0) is 47.5 Å². The van der Waals surface area contributed by atoms with Crippen LogP contribution in [-0.2, 0) is 10.0 Å². The van der Waals surface area contributed by atoms with E-state index in [1.54, 1.807) is 37.4 Å². The summed E-state index contributed by atoms with van der Waals surface area (Å²) < 4.78 is 34.1. The lowest BCUT2D eigenvalue weighted by Gasteiger charge is -2.23. The predicted molar refractivity (Wildman–Crippen MR) is 116 cm³/mol. The molecule has 0 saturated heterocycles. The average Bonchev–Trinajstić information content (AvgIpc) is 3.21. The molecule has 1 aliphatic rings. The van der Waals surface area contributed by atoms with Gasteiger partial charge in [-0.25, -0.2) is 0 Å². The molecule has 7 heteroatoms. The molecule has 0 aromatic heterocycles.